The number of nitrogens with zero attached hydrogens (tertiary/aromatic N) is 1. The van der Waals surface area contributed by atoms with Gasteiger partial charge in [0.1, 0.15) is 0 Å². The first-order valence-corrected chi connectivity index (χ1v) is 9.91. The van der Waals surface area contributed by atoms with Crippen LogP contribution in [0.25, 0.3) is 16.8 Å². The Kier molecular flexibility index (Phi) is 6.76. The molecule has 1 aliphatic heterocycles. The van der Waals surface area contributed by atoms with Crippen LogP contribution < -0.4 is 5.32 Å². The number of nitrogens with one attached hydrogen (secondary N) is 1. The molecule has 0 spiro atoms. The third kappa shape index (κ3) is 4.95. The molecule has 28 heavy (non-hydrogen) atoms. The number of fused-ring (bicyclic) bond motifs is 1. The molecule has 1 aliphatic rings. The highest BCUT2D eigenvalue weighted by Gasteiger charge is 2.27. The van der Waals surface area contributed by atoms with Crippen molar-refractivity contribution in [1.29, 1.82) is 0 Å². The van der Waals surface area contributed by atoms with Gasteiger partial charge in [-0.2, -0.15) is 0 Å². The molecule has 1 N–H and O–H groups in total. The number of benzene rings is 2. The fourth-order valence-electron chi connectivity index (χ4n) is 3.37. The number of hydrogen-bond acceptors (Lipinski definition) is 4. The van der Waals surface area contributed by atoms with Gasteiger partial charge in [-0.15, -0.1) is 0 Å². The zero-order valence-electron chi connectivity index (χ0n) is 15.9. The quantitative estimate of drug-likeness (QED) is 0.487. The summed E-state index contributed by atoms with van der Waals surface area (Å²) >= 11 is 5.36. The first-order valence-electron chi connectivity index (χ1n) is 9.51. The van der Waals surface area contributed by atoms with E-state index in [-0.39, 0.29) is 17.8 Å². The van der Waals surface area contributed by atoms with Gasteiger partial charge in [-0.05, 0) is 54.4 Å². The van der Waals surface area contributed by atoms with Crippen molar-refractivity contribution in [3.63, 3.8) is 0 Å². The van der Waals surface area contributed by atoms with Crippen LogP contribution in [0.5, 0.6) is 0 Å². The lowest BCUT2D eigenvalue weighted by Crippen LogP contribution is -2.46. The van der Waals surface area contributed by atoms with Crippen molar-refractivity contribution in [3.8, 4) is 0 Å². The molecule has 1 fully saturated rings. The number of thiocarbonyl (C=S) groups is 1. The second-order valence-corrected chi connectivity index (χ2v) is 7.10. The molecule has 3 rings (SSSR count). The number of carbonyl (C=O) groups is 2. The molecule has 0 aromatic heterocycles. The standard InChI is InChI=1S/C22H24N2O3S/c1-2-27-21(26)18-12-14-24(15-13-18)22(28)23-20(25)11-10-17-8-5-7-16-6-3-4-9-19(16)17/h3-11,18H,2,12-15H2,1H3,(H,23,25,28)/b11-10+. The number of rotatable bonds is 4. The van der Waals surface area contributed by atoms with Crippen LogP contribution in [0, 0.1) is 5.92 Å². The molecule has 6 heteroatoms. The summed E-state index contributed by atoms with van der Waals surface area (Å²) in [4.78, 5) is 26.0. The number of carbonyl (C=O) groups excluding carboxylic acids is 2. The topological polar surface area (TPSA) is 58.6 Å². The zero-order valence-corrected chi connectivity index (χ0v) is 16.7. The molecule has 0 atom stereocenters. The van der Waals surface area contributed by atoms with Crippen LogP contribution in [-0.4, -0.2) is 41.6 Å². The van der Waals surface area contributed by atoms with Gasteiger partial charge in [0.05, 0.1) is 12.5 Å². The Bertz CT molecular complexity index is 896. The molecular weight excluding hydrogens is 372 g/mol. The van der Waals surface area contributed by atoms with E-state index in [1.165, 1.54) is 6.08 Å². The second kappa shape index (κ2) is 9.46. The smallest absolute Gasteiger partial charge is 0.309 e. The van der Waals surface area contributed by atoms with Crippen LogP contribution in [0.15, 0.2) is 48.5 Å². The van der Waals surface area contributed by atoms with Crippen molar-refractivity contribution in [2.75, 3.05) is 19.7 Å². The number of piperidine rings is 1. The summed E-state index contributed by atoms with van der Waals surface area (Å²) in [6.07, 6.45) is 4.66. The predicted octanol–water partition coefficient (Wildman–Crippen LogP) is 3.53. The van der Waals surface area contributed by atoms with Crippen LogP contribution in [0.1, 0.15) is 25.3 Å². The zero-order chi connectivity index (χ0) is 19.9. The normalized spacial score (nSPS) is 15.0. The molecule has 2 aromatic rings. The maximum atomic E-state index is 12.3. The Morgan fingerprint density at radius 3 is 2.64 bits per heavy atom. The summed E-state index contributed by atoms with van der Waals surface area (Å²) in [5, 5.41) is 5.38. The maximum Gasteiger partial charge on any atom is 0.309 e. The fourth-order valence-corrected chi connectivity index (χ4v) is 3.65. The van der Waals surface area contributed by atoms with E-state index >= 15 is 0 Å². The molecule has 0 bridgehead atoms. The molecule has 0 radical (unpaired) electrons. The molecule has 2 aromatic carbocycles. The van der Waals surface area contributed by atoms with Gasteiger partial charge in [0.2, 0.25) is 5.91 Å². The molecule has 0 saturated carbocycles. The number of ether oxygens (including phenoxy) is 1. The first kappa shape index (κ1) is 20.0. The van der Waals surface area contributed by atoms with Crippen molar-refractivity contribution in [3.05, 3.63) is 54.1 Å². The first-order chi connectivity index (χ1) is 13.6. The van der Waals surface area contributed by atoms with Crippen molar-refractivity contribution in [1.82, 2.24) is 10.2 Å². The van der Waals surface area contributed by atoms with E-state index in [1.54, 1.807) is 6.08 Å². The third-order valence-corrected chi connectivity index (χ3v) is 5.23. The molecule has 0 aliphatic carbocycles. The van der Waals surface area contributed by atoms with Crippen LogP contribution >= 0.6 is 12.2 Å². The molecule has 5 nitrogen and oxygen atoms in total. The lowest BCUT2D eigenvalue weighted by molar-refractivity contribution is -0.149. The fraction of sp³-hybridized carbons (Fsp3) is 0.318. The highest BCUT2D eigenvalue weighted by molar-refractivity contribution is 7.80. The summed E-state index contributed by atoms with van der Waals surface area (Å²) < 4.78 is 5.08. The van der Waals surface area contributed by atoms with Gasteiger partial charge >= 0.3 is 5.97 Å². The Labute approximate surface area is 170 Å². The summed E-state index contributed by atoms with van der Waals surface area (Å²) in [6.45, 7) is 3.48. The van der Waals surface area contributed by atoms with E-state index in [1.807, 2.05) is 54.3 Å². The maximum absolute atomic E-state index is 12.3. The van der Waals surface area contributed by atoms with Crippen LogP contribution in [-0.2, 0) is 14.3 Å². The average Bonchev–Trinajstić information content (AvgIpc) is 2.72. The van der Waals surface area contributed by atoms with Gasteiger partial charge in [-0.25, -0.2) is 0 Å². The van der Waals surface area contributed by atoms with Crippen molar-refractivity contribution >= 4 is 46.1 Å². The van der Waals surface area contributed by atoms with Crippen molar-refractivity contribution in [2.24, 2.45) is 5.92 Å². The van der Waals surface area contributed by atoms with Gasteiger partial charge in [0, 0.05) is 19.2 Å². The van der Waals surface area contributed by atoms with Crippen LogP contribution in [0.4, 0.5) is 0 Å². The summed E-state index contributed by atoms with van der Waals surface area (Å²) in [5.41, 5.74) is 0.981. The van der Waals surface area contributed by atoms with Gasteiger partial charge in [-0.3, -0.25) is 14.9 Å². The number of hydrogen-bond donors (Lipinski definition) is 1. The Balaban J connectivity index is 1.54. The van der Waals surface area contributed by atoms with E-state index < -0.39 is 0 Å². The Hall–Kier alpha value is -2.73. The molecule has 1 amide bonds. The lowest BCUT2D eigenvalue weighted by atomic mass is 9.97. The number of likely N-dealkylation sites (tertiary alicyclic amines) is 1. The number of esters is 1. The monoisotopic (exact) mass is 396 g/mol. The second-order valence-electron chi connectivity index (χ2n) is 6.71. The molecule has 1 saturated heterocycles. The SMILES string of the molecule is CCOC(=O)C1CCN(C(=S)NC(=O)/C=C/c2cccc3ccccc23)CC1. The molecule has 0 unspecified atom stereocenters. The highest BCUT2D eigenvalue weighted by Crippen LogP contribution is 2.20. The van der Waals surface area contributed by atoms with E-state index in [4.69, 9.17) is 17.0 Å². The highest BCUT2D eigenvalue weighted by atomic mass is 32.1. The minimum Gasteiger partial charge on any atom is -0.466 e. The summed E-state index contributed by atoms with van der Waals surface area (Å²) in [7, 11) is 0. The Morgan fingerprint density at radius 1 is 1.18 bits per heavy atom. The molecule has 1 heterocycles. The third-order valence-electron chi connectivity index (χ3n) is 4.87. The van der Waals surface area contributed by atoms with E-state index in [2.05, 4.69) is 5.32 Å². The minimum absolute atomic E-state index is 0.0824. The van der Waals surface area contributed by atoms with E-state index in [0.717, 1.165) is 16.3 Å². The van der Waals surface area contributed by atoms with Crippen LogP contribution in [0.3, 0.4) is 0 Å². The molecular formula is C22H24N2O3S. The van der Waals surface area contributed by atoms with Crippen LogP contribution in [0.2, 0.25) is 0 Å². The van der Waals surface area contributed by atoms with Gasteiger partial charge in [0.25, 0.3) is 0 Å². The van der Waals surface area contributed by atoms with Crippen molar-refractivity contribution in [2.45, 2.75) is 19.8 Å². The predicted molar refractivity (Wildman–Crippen MR) is 115 cm³/mol. The van der Waals surface area contributed by atoms with Gasteiger partial charge in [-0.1, -0.05) is 42.5 Å². The van der Waals surface area contributed by atoms with Gasteiger partial charge in [0.15, 0.2) is 5.11 Å². The van der Waals surface area contributed by atoms with Gasteiger partial charge < -0.3 is 9.64 Å². The Morgan fingerprint density at radius 2 is 1.89 bits per heavy atom. The minimum atomic E-state index is -0.259. The van der Waals surface area contributed by atoms with Crippen molar-refractivity contribution < 1.29 is 14.3 Å². The largest absolute Gasteiger partial charge is 0.466 e. The van der Waals surface area contributed by atoms with E-state index in [0.29, 0.717) is 37.7 Å². The van der Waals surface area contributed by atoms with E-state index in [9.17, 15) is 9.59 Å². The average molecular weight is 397 g/mol. The lowest BCUT2D eigenvalue weighted by Gasteiger charge is -2.32. The summed E-state index contributed by atoms with van der Waals surface area (Å²) in [6, 6.07) is 14.0. The summed E-state index contributed by atoms with van der Waals surface area (Å²) in [5.74, 6) is -0.485. The molecule has 146 valence electrons. The number of amides is 1.